The van der Waals surface area contributed by atoms with Crippen molar-refractivity contribution in [3.8, 4) is 0 Å². The van der Waals surface area contributed by atoms with Gasteiger partial charge in [0.25, 0.3) is 0 Å². The molecule has 2 rings (SSSR count). The standard InChI is InChI=1S/C16H24N2O/c1-14(9-13-19-2)17-10-5-11-18-12-8-15-6-3-4-7-16(15)18/h3-4,6-8,12,14,17H,5,9-11,13H2,1-2H3. The second-order valence-electron chi connectivity index (χ2n) is 5.06. The van der Waals surface area contributed by atoms with Crippen LogP contribution in [0.5, 0.6) is 0 Å². The summed E-state index contributed by atoms with van der Waals surface area (Å²) in [5.74, 6) is 0. The molecular formula is C16H24N2O. The number of aryl methyl sites for hydroxylation is 1. The molecule has 19 heavy (non-hydrogen) atoms. The Kier molecular flexibility index (Phi) is 5.43. The number of hydrogen-bond acceptors (Lipinski definition) is 2. The molecule has 1 unspecified atom stereocenters. The van der Waals surface area contributed by atoms with E-state index in [0.717, 1.165) is 32.5 Å². The van der Waals surface area contributed by atoms with Gasteiger partial charge in [0.1, 0.15) is 0 Å². The Balaban J connectivity index is 1.74. The van der Waals surface area contributed by atoms with E-state index in [4.69, 9.17) is 4.74 Å². The van der Waals surface area contributed by atoms with Crippen LogP contribution in [0.25, 0.3) is 10.9 Å². The molecule has 3 heteroatoms. The predicted octanol–water partition coefficient (Wildman–Crippen LogP) is 3.05. The van der Waals surface area contributed by atoms with E-state index in [1.165, 1.54) is 10.9 Å². The molecule has 0 spiro atoms. The zero-order valence-electron chi connectivity index (χ0n) is 11.9. The third kappa shape index (κ3) is 4.08. The summed E-state index contributed by atoms with van der Waals surface area (Å²) in [6.45, 7) is 5.16. The number of fused-ring (bicyclic) bond motifs is 1. The van der Waals surface area contributed by atoms with Crippen LogP contribution in [0.15, 0.2) is 36.5 Å². The Labute approximate surface area is 115 Å². The highest BCUT2D eigenvalue weighted by Crippen LogP contribution is 2.15. The van der Waals surface area contributed by atoms with Gasteiger partial charge >= 0.3 is 0 Å². The molecule has 0 radical (unpaired) electrons. The van der Waals surface area contributed by atoms with Gasteiger partial charge in [-0.2, -0.15) is 0 Å². The summed E-state index contributed by atoms with van der Waals surface area (Å²) in [5.41, 5.74) is 1.33. The molecule has 0 bridgehead atoms. The molecule has 0 aliphatic heterocycles. The van der Waals surface area contributed by atoms with Crippen molar-refractivity contribution in [2.75, 3.05) is 20.3 Å². The lowest BCUT2D eigenvalue weighted by atomic mass is 10.2. The highest BCUT2D eigenvalue weighted by atomic mass is 16.5. The van der Waals surface area contributed by atoms with Crippen LogP contribution in [0.2, 0.25) is 0 Å². The zero-order valence-corrected chi connectivity index (χ0v) is 11.9. The summed E-state index contributed by atoms with van der Waals surface area (Å²) in [6, 6.07) is 11.3. The van der Waals surface area contributed by atoms with E-state index in [9.17, 15) is 0 Å². The highest BCUT2D eigenvalue weighted by Gasteiger charge is 2.01. The first-order valence-electron chi connectivity index (χ1n) is 7.07. The number of benzene rings is 1. The number of aromatic nitrogens is 1. The van der Waals surface area contributed by atoms with E-state index in [0.29, 0.717) is 6.04 Å². The molecule has 0 aliphatic carbocycles. The number of methoxy groups -OCH3 is 1. The molecule has 0 amide bonds. The van der Waals surface area contributed by atoms with Crippen molar-refractivity contribution in [3.05, 3.63) is 36.5 Å². The smallest absolute Gasteiger partial charge is 0.0480 e. The van der Waals surface area contributed by atoms with Crippen LogP contribution < -0.4 is 5.32 Å². The Morgan fingerprint density at radius 2 is 2.11 bits per heavy atom. The molecule has 1 heterocycles. The molecule has 2 aromatic rings. The summed E-state index contributed by atoms with van der Waals surface area (Å²) in [5, 5.41) is 4.86. The lowest BCUT2D eigenvalue weighted by molar-refractivity contribution is 0.185. The quantitative estimate of drug-likeness (QED) is 0.738. The molecule has 0 saturated heterocycles. The molecule has 1 aromatic heterocycles. The maximum Gasteiger partial charge on any atom is 0.0480 e. The van der Waals surface area contributed by atoms with Gasteiger partial charge in [0, 0.05) is 38.0 Å². The minimum Gasteiger partial charge on any atom is -0.385 e. The third-order valence-corrected chi connectivity index (χ3v) is 3.50. The average molecular weight is 260 g/mol. The molecule has 1 N–H and O–H groups in total. The van der Waals surface area contributed by atoms with Crippen LogP contribution in [0, 0.1) is 0 Å². The Morgan fingerprint density at radius 1 is 1.26 bits per heavy atom. The van der Waals surface area contributed by atoms with Crippen LogP contribution >= 0.6 is 0 Å². The van der Waals surface area contributed by atoms with Crippen LogP contribution in [-0.4, -0.2) is 30.9 Å². The molecule has 0 aliphatic rings. The topological polar surface area (TPSA) is 26.2 Å². The van der Waals surface area contributed by atoms with Crippen molar-refractivity contribution < 1.29 is 4.74 Å². The molecule has 1 atom stereocenters. The average Bonchev–Trinajstić information content (AvgIpc) is 2.85. The van der Waals surface area contributed by atoms with E-state index in [1.807, 2.05) is 0 Å². The first kappa shape index (κ1) is 14.1. The van der Waals surface area contributed by atoms with Crippen molar-refractivity contribution in [1.82, 2.24) is 9.88 Å². The lowest BCUT2D eigenvalue weighted by Crippen LogP contribution is -2.28. The first-order chi connectivity index (χ1) is 9.31. The number of rotatable bonds is 8. The number of nitrogens with zero attached hydrogens (tertiary/aromatic N) is 1. The molecule has 104 valence electrons. The van der Waals surface area contributed by atoms with E-state index < -0.39 is 0 Å². The zero-order chi connectivity index (χ0) is 13.5. The summed E-state index contributed by atoms with van der Waals surface area (Å²) in [7, 11) is 1.75. The Bertz CT molecular complexity index is 492. The SMILES string of the molecule is COCCC(C)NCCCn1ccc2ccccc21. The maximum atomic E-state index is 5.08. The van der Waals surface area contributed by atoms with Gasteiger partial charge in [-0.3, -0.25) is 0 Å². The minimum atomic E-state index is 0.529. The monoisotopic (exact) mass is 260 g/mol. The minimum absolute atomic E-state index is 0.529. The summed E-state index contributed by atoms with van der Waals surface area (Å²) < 4.78 is 7.41. The van der Waals surface area contributed by atoms with Gasteiger partial charge in [-0.25, -0.2) is 0 Å². The van der Waals surface area contributed by atoms with Crippen molar-refractivity contribution in [1.29, 1.82) is 0 Å². The van der Waals surface area contributed by atoms with Crippen molar-refractivity contribution in [2.45, 2.75) is 32.4 Å². The third-order valence-electron chi connectivity index (χ3n) is 3.50. The van der Waals surface area contributed by atoms with E-state index in [1.54, 1.807) is 7.11 Å². The molecule has 0 fully saturated rings. The van der Waals surface area contributed by atoms with Gasteiger partial charge in [-0.05, 0) is 43.8 Å². The lowest BCUT2D eigenvalue weighted by Gasteiger charge is -2.13. The Morgan fingerprint density at radius 3 is 2.95 bits per heavy atom. The fourth-order valence-corrected chi connectivity index (χ4v) is 2.33. The maximum absolute atomic E-state index is 5.08. The fourth-order valence-electron chi connectivity index (χ4n) is 2.33. The largest absolute Gasteiger partial charge is 0.385 e. The van der Waals surface area contributed by atoms with Gasteiger partial charge < -0.3 is 14.6 Å². The van der Waals surface area contributed by atoms with Crippen molar-refractivity contribution >= 4 is 10.9 Å². The van der Waals surface area contributed by atoms with E-state index in [-0.39, 0.29) is 0 Å². The normalized spacial score (nSPS) is 12.9. The van der Waals surface area contributed by atoms with E-state index >= 15 is 0 Å². The summed E-state index contributed by atoms with van der Waals surface area (Å²) in [6.07, 6.45) is 4.40. The highest BCUT2D eigenvalue weighted by molar-refractivity contribution is 5.79. The van der Waals surface area contributed by atoms with Crippen LogP contribution in [0.4, 0.5) is 0 Å². The summed E-state index contributed by atoms with van der Waals surface area (Å²) >= 11 is 0. The number of ether oxygens (including phenoxy) is 1. The number of nitrogens with one attached hydrogen (secondary N) is 1. The van der Waals surface area contributed by atoms with Gasteiger partial charge in [0.05, 0.1) is 0 Å². The second kappa shape index (κ2) is 7.31. The van der Waals surface area contributed by atoms with Crippen molar-refractivity contribution in [2.24, 2.45) is 0 Å². The van der Waals surface area contributed by atoms with Gasteiger partial charge in [-0.15, -0.1) is 0 Å². The Hall–Kier alpha value is -1.32. The van der Waals surface area contributed by atoms with Crippen LogP contribution in [0.3, 0.4) is 0 Å². The first-order valence-corrected chi connectivity index (χ1v) is 7.07. The van der Waals surface area contributed by atoms with Gasteiger partial charge in [0.2, 0.25) is 0 Å². The van der Waals surface area contributed by atoms with Crippen LogP contribution in [0.1, 0.15) is 19.8 Å². The molecule has 3 nitrogen and oxygen atoms in total. The molecule has 0 saturated carbocycles. The molecular weight excluding hydrogens is 236 g/mol. The number of para-hydroxylation sites is 1. The van der Waals surface area contributed by atoms with Gasteiger partial charge in [0.15, 0.2) is 0 Å². The second-order valence-corrected chi connectivity index (χ2v) is 5.06. The fraction of sp³-hybridized carbons (Fsp3) is 0.500. The molecule has 1 aromatic carbocycles. The van der Waals surface area contributed by atoms with Crippen LogP contribution in [-0.2, 0) is 11.3 Å². The van der Waals surface area contributed by atoms with Crippen molar-refractivity contribution in [3.63, 3.8) is 0 Å². The number of hydrogen-bond donors (Lipinski definition) is 1. The predicted molar refractivity (Wildman–Crippen MR) is 80.5 cm³/mol. The van der Waals surface area contributed by atoms with Gasteiger partial charge in [-0.1, -0.05) is 18.2 Å². The van der Waals surface area contributed by atoms with E-state index in [2.05, 4.69) is 53.3 Å². The summed E-state index contributed by atoms with van der Waals surface area (Å²) in [4.78, 5) is 0.